The Morgan fingerprint density at radius 2 is 2.00 bits per heavy atom. The molecule has 0 amide bonds. The zero-order valence-electron chi connectivity index (χ0n) is 11.1. The van der Waals surface area contributed by atoms with Gasteiger partial charge < -0.3 is 10.1 Å². The first-order chi connectivity index (χ1) is 8.83. The summed E-state index contributed by atoms with van der Waals surface area (Å²) in [6, 6.07) is 10.1. The van der Waals surface area contributed by atoms with Gasteiger partial charge in [0.1, 0.15) is 11.6 Å². The molecule has 0 saturated carbocycles. The summed E-state index contributed by atoms with van der Waals surface area (Å²) >= 11 is 0. The summed E-state index contributed by atoms with van der Waals surface area (Å²) in [6.45, 7) is 5.96. The molecule has 0 aliphatic carbocycles. The summed E-state index contributed by atoms with van der Waals surface area (Å²) in [5.74, 6) is 1.85. The van der Waals surface area contributed by atoms with Crippen LogP contribution in [-0.4, -0.2) is 18.1 Å². The van der Waals surface area contributed by atoms with Gasteiger partial charge in [-0.2, -0.15) is 0 Å². The molecule has 0 spiro atoms. The van der Waals surface area contributed by atoms with Gasteiger partial charge in [0.15, 0.2) is 0 Å². The first kappa shape index (κ1) is 12.7. The van der Waals surface area contributed by atoms with E-state index in [2.05, 4.69) is 30.2 Å². The molecule has 3 nitrogen and oxygen atoms in total. The molecule has 0 radical (unpaired) electrons. The molecule has 3 heteroatoms. The number of nitrogens with zero attached hydrogens (tertiary/aromatic N) is 1. The summed E-state index contributed by atoms with van der Waals surface area (Å²) in [6.07, 6.45) is 2.12. The Balaban J connectivity index is 2.19. The number of benzene rings is 1. The minimum absolute atomic E-state index is 0.759. The van der Waals surface area contributed by atoms with Crippen molar-refractivity contribution in [3.05, 3.63) is 30.3 Å². The standard InChI is InChI=1S/C15H20N2O/c1-3-9-16-15-8-5-12-11-13(18-10-4-2)6-7-14(12)17-15/h5-8,11H,3-4,9-10H2,1-2H3,(H,16,17). The van der Waals surface area contributed by atoms with Crippen LogP contribution in [-0.2, 0) is 0 Å². The number of anilines is 1. The van der Waals surface area contributed by atoms with Crippen LogP contribution in [0.2, 0.25) is 0 Å². The molecule has 0 aliphatic heterocycles. The lowest BCUT2D eigenvalue weighted by Crippen LogP contribution is -2.01. The summed E-state index contributed by atoms with van der Waals surface area (Å²) < 4.78 is 5.61. The number of hydrogen-bond acceptors (Lipinski definition) is 3. The number of hydrogen-bond donors (Lipinski definition) is 1. The predicted molar refractivity (Wildman–Crippen MR) is 76.3 cm³/mol. The molecule has 2 rings (SSSR count). The van der Waals surface area contributed by atoms with E-state index in [1.807, 2.05) is 24.3 Å². The fraction of sp³-hybridized carbons (Fsp3) is 0.400. The van der Waals surface area contributed by atoms with Crippen molar-refractivity contribution in [2.75, 3.05) is 18.5 Å². The van der Waals surface area contributed by atoms with Crippen LogP contribution >= 0.6 is 0 Å². The van der Waals surface area contributed by atoms with E-state index in [-0.39, 0.29) is 0 Å². The normalized spacial score (nSPS) is 10.6. The van der Waals surface area contributed by atoms with Crippen molar-refractivity contribution in [3.8, 4) is 5.75 Å². The highest BCUT2D eigenvalue weighted by molar-refractivity contribution is 5.81. The van der Waals surface area contributed by atoms with Gasteiger partial charge in [-0.25, -0.2) is 4.98 Å². The van der Waals surface area contributed by atoms with E-state index in [9.17, 15) is 0 Å². The maximum Gasteiger partial charge on any atom is 0.126 e. The molecule has 0 bridgehead atoms. The van der Waals surface area contributed by atoms with Gasteiger partial charge in [0.05, 0.1) is 12.1 Å². The van der Waals surface area contributed by atoms with Crippen LogP contribution in [0.15, 0.2) is 30.3 Å². The van der Waals surface area contributed by atoms with Crippen molar-refractivity contribution in [1.29, 1.82) is 0 Å². The summed E-state index contributed by atoms with van der Waals surface area (Å²) in [5, 5.41) is 4.41. The highest BCUT2D eigenvalue weighted by atomic mass is 16.5. The molecular weight excluding hydrogens is 224 g/mol. The van der Waals surface area contributed by atoms with Gasteiger partial charge in [0, 0.05) is 11.9 Å². The second kappa shape index (κ2) is 6.24. The highest BCUT2D eigenvalue weighted by Gasteiger charge is 2.00. The monoisotopic (exact) mass is 244 g/mol. The Kier molecular flexibility index (Phi) is 4.40. The van der Waals surface area contributed by atoms with E-state index in [4.69, 9.17) is 4.74 Å². The van der Waals surface area contributed by atoms with Crippen LogP contribution < -0.4 is 10.1 Å². The zero-order valence-corrected chi connectivity index (χ0v) is 11.1. The van der Waals surface area contributed by atoms with Crippen LogP contribution in [0.1, 0.15) is 26.7 Å². The van der Waals surface area contributed by atoms with Crippen molar-refractivity contribution in [1.82, 2.24) is 4.98 Å². The predicted octanol–water partition coefficient (Wildman–Crippen LogP) is 3.85. The van der Waals surface area contributed by atoms with Crippen molar-refractivity contribution < 1.29 is 4.74 Å². The second-order valence-corrected chi connectivity index (χ2v) is 4.33. The van der Waals surface area contributed by atoms with E-state index in [0.29, 0.717) is 0 Å². The van der Waals surface area contributed by atoms with E-state index in [1.54, 1.807) is 0 Å². The minimum Gasteiger partial charge on any atom is -0.494 e. The third-order valence-corrected chi connectivity index (χ3v) is 2.69. The molecule has 0 atom stereocenters. The Bertz CT molecular complexity index is 464. The summed E-state index contributed by atoms with van der Waals surface area (Å²) in [7, 11) is 0. The Labute approximate surface area is 108 Å². The quantitative estimate of drug-likeness (QED) is 0.838. The molecular formula is C15H20N2O. The summed E-state index contributed by atoms with van der Waals surface area (Å²) in [5.41, 5.74) is 1.000. The van der Waals surface area contributed by atoms with Crippen molar-refractivity contribution in [3.63, 3.8) is 0 Å². The SMILES string of the molecule is CCCNc1ccc2cc(OCCC)ccc2n1. The Morgan fingerprint density at radius 1 is 1.11 bits per heavy atom. The molecule has 0 fully saturated rings. The number of ether oxygens (including phenoxy) is 1. The third kappa shape index (κ3) is 3.13. The van der Waals surface area contributed by atoms with E-state index >= 15 is 0 Å². The molecule has 2 aromatic rings. The van der Waals surface area contributed by atoms with Gasteiger partial charge in [-0.05, 0) is 43.2 Å². The third-order valence-electron chi connectivity index (χ3n) is 2.69. The fourth-order valence-corrected chi connectivity index (χ4v) is 1.76. The number of nitrogens with one attached hydrogen (secondary N) is 1. The first-order valence-electron chi connectivity index (χ1n) is 6.61. The van der Waals surface area contributed by atoms with Gasteiger partial charge in [-0.1, -0.05) is 13.8 Å². The summed E-state index contributed by atoms with van der Waals surface area (Å²) in [4.78, 5) is 4.57. The topological polar surface area (TPSA) is 34.1 Å². The zero-order chi connectivity index (χ0) is 12.8. The highest BCUT2D eigenvalue weighted by Crippen LogP contribution is 2.21. The lowest BCUT2D eigenvalue weighted by molar-refractivity contribution is 0.318. The molecule has 96 valence electrons. The van der Waals surface area contributed by atoms with Crippen molar-refractivity contribution >= 4 is 16.7 Å². The van der Waals surface area contributed by atoms with Gasteiger partial charge in [-0.3, -0.25) is 0 Å². The maximum atomic E-state index is 5.61. The van der Waals surface area contributed by atoms with E-state index < -0.39 is 0 Å². The lowest BCUT2D eigenvalue weighted by atomic mass is 10.2. The smallest absolute Gasteiger partial charge is 0.126 e. The van der Waals surface area contributed by atoms with Crippen LogP contribution in [0.5, 0.6) is 5.75 Å². The average molecular weight is 244 g/mol. The number of aromatic nitrogens is 1. The van der Waals surface area contributed by atoms with Crippen LogP contribution in [0, 0.1) is 0 Å². The Morgan fingerprint density at radius 3 is 2.78 bits per heavy atom. The molecule has 0 saturated heterocycles. The fourth-order valence-electron chi connectivity index (χ4n) is 1.76. The van der Waals surface area contributed by atoms with Gasteiger partial charge >= 0.3 is 0 Å². The van der Waals surface area contributed by atoms with Gasteiger partial charge in [-0.15, -0.1) is 0 Å². The number of fused-ring (bicyclic) bond motifs is 1. The van der Waals surface area contributed by atoms with Gasteiger partial charge in [0.25, 0.3) is 0 Å². The van der Waals surface area contributed by atoms with Crippen LogP contribution in [0.3, 0.4) is 0 Å². The average Bonchev–Trinajstić information content (AvgIpc) is 2.42. The second-order valence-electron chi connectivity index (χ2n) is 4.33. The largest absolute Gasteiger partial charge is 0.494 e. The van der Waals surface area contributed by atoms with Crippen LogP contribution in [0.25, 0.3) is 10.9 Å². The van der Waals surface area contributed by atoms with Crippen LogP contribution in [0.4, 0.5) is 5.82 Å². The molecule has 1 aromatic heterocycles. The van der Waals surface area contributed by atoms with Crippen molar-refractivity contribution in [2.24, 2.45) is 0 Å². The Hall–Kier alpha value is -1.77. The molecule has 18 heavy (non-hydrogen) atoms. The molecule has 0 unspecified atom stereocenters. The van der Waals surface area contributed by atoms with Crippen molar-refractivity contribution in [2.45, 2.75) is 26.7 Å². The maximum absolute atomic E-state index is 5.61. The first-order valence-corrected chi connectivity index (χ1v) is 6.61. The van der Waals surface area contributed by atoms with E-state index in [0.717, 1.165) is 48.5 Å². The molecule has 0 aliphatic rings. The molecule has 1 heterocycles. The minimum atomic E-state index is 0.759. The number of rotatable bonds is 6. The number of pyridine rings is 1. The van der Waals surface area contributed by atoms with E-state index in [1.165, 1.54) is 0 Å². The lowest BCUT2D eigenvalue weighted by Gasteiger charge is -2.07. The molecule has 1 aromatic carbocycles. The molecule has 1 N–H and O–H groups in total. The van der Waals surface area contributed by atoms with Gasteiger partial charge in [0.2, 0.25) is 0 Å².